The number of hydrogen-bond acceptors (Lipinski definition) is 15. The van der Waals surface area contributed by atoms with Crippen molar-refractivity contribution in [2.75, 3.05) is 39.6 Å². The van der Waals surface area contributed by atoms with Gasteiger partial charge in [-0.25, -0.2) is 9.13 Å². The average molecular weight is 1440 g/mol. The van der Waals surface area contributed by atoms with Crippen LogP contribution in [-0.2, 0) is 65.4 Å². The monoisotopic (exact) mass is 1440 g/mol. The zero-order valence-corrected chi connectivity index (χ0v) is 66.0. The lowest BCUT2D eigenvalue weighted by atomic mass is 9.99. The van der Waals surface area contributed by atoms with Crippen molar-refractivity contribution in [2.45, 2.75) is 426 Å². The maximum Gasteiger partial charge on any atom is 0.472 e. The number of aliphatic hydroxyl groups is 1. The summed E-state index contributed by atoms with van der Waals surface area (Å²) in [6.07, 6.45) is 56.9. The highest BCUT2D eigenvalue weighted by molar-refractivity contribution is 7.47. The van der Waals surface area contributed by atoms with Gasteiger partial charge in [0.25, 0.3) is 0 Å². The van der Waals surface area contributed by atoms with E-state index in [0.717, 1.165) is 108 Å². The maximum absolute atomic E-state index is 13.1. The Hall–Kier alpha value is -1.94. The zero-order valence-electron chi connectivity index (χ0n) is 64.3. The number of aliphatic hydroxyl groups excluding tert-OH is 1. The number of hydrogen-bond donors (Lipinski definition) is 3. The number of carbonyl (C=O) groups excluding carboxylic acids is 4. The van der Waals surface area contributed by atoms with E-state index in [1.54, 1.807) is 0 Å². The molecule has 0 aliphatic rings. The SMILES string of the molecule is CCCCCCCCCCCCCCCCCCCC(=O)OC[C@H](COP(=O)(O)OC[C@@H](O)COP(=O)(O)OC[C@@H](COC(=O)CCCCCCCCCCC(C)C)OC(=O)CCCCCCCCCCCC(C)C)OC(=O)CCCCCCCCCCCCCCCCC(C)CC. The molecule has 0 aromatic carbocycles. The minimum Gasteiger partial charge on any atom is -0.462 e. The summed E-state index contributed by atoms with van der Waals surface area (Å²) < 4.78 is 68.6. The lowest BCUT2D eigenvalue weighted by Gasteiger charge is -2.21. The van der Waals surface area contributed by atoms with E-state index in [1.807, 2.05) is 0 Å². The quantitative estimate of drug-likeness (QED) is 0.0222. The van der Waals surface area contributed by atoms with Gasteiger partial charge in [-0.1, -0.05) is 357 Å². The van der Waals surface area contributed by atoms with Crippen LogP contribution in [0.4, 0.5) is 0 Å². The van der Waals surface area contributed by atoms with E-state index in [9.17, 15) is 43.2 Å². The van der Waals surface area contributed by atoms with Crippen LogP contribution in [0, 0.1) is 17.8 Å². The predicted molar refractivity (Wildman–Crippen MR) is 400 cm³/mol. The summed E-state index contributed by atoms with van der Waals surface area (Å²) in [5.41, 5.74) is 0. The third kappa shape index (κ3) is 71.1. The molecule has 98 heavy (non-hydrogen) atoms. The molecule has 0 aliphatic heterocycles. The van der Waals surface area contributed by atoms with E-state index >= 15 is 0 Å². The van der Waals surface area contributed by atoms with Crippen LogP contribution in [0.2, 0.25) is 0 Å². The molecule has 0 aliphatic carbocycles. The molecule has 3 unspecified atom stereocenters. The van der Waals surface area contributed by atoms with Crippen molar-refractivity contribution < 1.29 is 80.2 Å². The fourth-order valence-corrected chi connectivity index (χ4v) is 13.7. The van der Waals surface area contributed by atoms with Crippen molar-refractivity contribution >= 4 is 39.5 Å². The second kappa shape index (κ2) is 69.4. The Morgan fingerprint density at radius 3 is 0.776 bits per heavy atom. The average Bonchev–Trinajstić information content (AvgIpc) is 1.21. The second-order valence-electron chi connectivity index (χ2n) is 29.6. The zero-order chi connectivity index (χ0) is 72.3. The maximum atomic E-state index is 13.1. The molecule has 6 atom stereocenters. The number of unbranched alkanes of at least 4 members (excludes halogenated alkanes) is 44. The van der Waals surface area contributed by atoms with Gasteiger partial charge in [-0.15, -0.1) is 0 Å². The fraction of sp³-hybridized carbons (Fsp3) is 0.949. The summed E-state index contributed by atoms with van der Waals surface area (Å²) in [5.74, 6) is 0.194. The molecular weight excluding hydrogens is 1280 g/mol. The van der Waals surface area contributed by atoms with Gasteiger partial charge in [0.2, 0.25) is 0 Å². The van der Waals surface area contributed by atoms with Crippen LogP contribution < -0.4 is 0 Å². The van der Waals surface area contributed by atoms with Crippen molar-refractivity contribution in [3.05, 3.63) is 0 Å². The van der Waals surface area contributed by atoms with E-state index in [-0.39, 0.29) is 25.7 Å². The molecule has 0 rings (SSSR count). The first-order valence-electron chi connectivity index (χ1n) is 40.9. The third-order valence-electron chi connectivity index (χ3n) is 18.7. The van der Waals surface area contributed by atoms with Crippen molar-refractivity contribution in [1.82, 2.24) is 0 Å². The lowest BCUT2D eigenvalue weighted by Crippen LogP contribution is -2.30. The molecule has 0 aromatic heterocycles. The first kappa shape index (κ1) is 96.1. The van der Waals surface area contributed by atoms with Crippen LogP contribution in [0.15, 0.2) is 0 Å². The van der Waals surface area contributed by atoms with Gasteiger partial charge in [0.05, 0.1) is 26.4 Å². The van der Waals surface area contributed by atoms with Crippen LogP contribution in [0.3, 0.4) is 0 Å². The van der Waals surface area contributed by atoms with E-state index in [1.165, 1.54) is 218 Å². The van der Waals surface area contributed by atoms with Gasteiger partial charge in [0.15, 0.2) is 12.2 Å². The molecule has 3 N–H and O–H groups in total. The Bertz CT molecular complexity index is 1910. The Balaban J connectivity index is 5.25. The summed E-state index contributed by atoms with van der Waals surface area (Å²) in [4.78, 5) is 72.9. The van der Waals surface area contributed by atoms with Gasteiger partial charge in [-0.3, -0.25) is 37.3 Å². The van der Waals surface area contributed by atoms with Gasteiger partial charge < -0.3 is 33.8 Å². The predicted octanol–water partition coefficient (Wildman–Crippen LogP) is 23.4. The van der Waals surface area contributed by atoms with Gasteiger partial charge in [-0.2, -0.15) is 0 Å². The molecule has 19 heteroatoms. The number of carbonyl (C=O) groups is 4. The fourth-order valence-electron chi connectivity index (χ4n) is 12.1. The molecular formula is C79H154O17P2. The van der Waals surface area contributed by atoms with Gasteiger partial charge in [0.1, 0.15) is 19.3 Å². The normalized spacial score (nSPS) is 14.3. The molecule has 17 nitrogen and oxygen atoms in total. The summed E-state index contributed by atoms with van der Waals surface area (Å²) in [6, 6.07) is 0. The highest BCUT2D eigenvalue weighted by Crippen LogP contribution is 2.45. The molecule has 0 heterocycles. The standard InChI is InChI=1S/C79H154O17P2/c1-8-10-11-12-13-14-15-16-17-18-19-23-26-31-39-46-53-60-76(81)89-66-74(95-78(83)62-55-48-41-32-27-24-21-20-22-25-30-38-45-52-59-72(7)9-2)68-93-97(85,86)91-64-73(80)65-92-98(87,88)94-69-75(67-90-77(82)61-54-47-40-35-34-37-44-51-58-71(5)6)96-79(84)63-56-49-42-33-28-29-36-43-50-57-70(3)4/h70-75,80H,8-69H2,1-7H3,(H,85,86)(H,87,88)/t72?,73-,74-,75-/m1/s1. The lowest BCUT2D eigenvalue weighted by molar-refractivity contribution is -0.161. The smallest absolute Gasteiger partial charge is 0.462 e. The summed E-state index contributed by atoms with van der Waals surface area (Å²) in [6.45, 7) is 11.9. The molecule has 0 aromatic rings. The van der Waals surface area contributed by atoms with Crippen molar-refractivity contribution in [3.8, 4) is 0 Å². The van der Waals surface area contributed by atoms with Crippen LogP contribution in [0.1, 0.15) is 408 Å². The molecule has 0 saturated carbocycles. The van der Waals surface area contributed by atoms with Crippen LogP contribution in [0.25, 0.3) is 0 Å². The summed E-state index contributed by atoms with van der Waals surface area (Å²) >= 11 is 0. The summed E-state index contributed by atoms with van der Waals surface area (Å²) in [5, 5.41) is 10.6. The van der Waals surface area contributed by atoms with Crippen LogP contribution in [-0.4, -0.2) is 96.7 Å². The molecule has 0 bridgehead atoms. The first-order chi connectivity index (χ1) is 47.3. The van der Waals surface area contributed by atoms with Crippen molar-refractivity contribution in [3.63, 3.8) is 0 Å². The molecule has 0 amide bonds. The number of phosphoric acid groups is 2. The highest BCUT2D eigenvalue weighted by atomic mass is 31.2. The largest absolute Gasteiger partial charge is 0.472 e. The van der Waals surface area contributed by atoms with Gasteiger partial charge >= 0.3 is 39.5 Å². The third-order valence-corrected chi connectivity index (χ3v) is 20.6. The van der Waals surface area contributed by atoms with E-state index < -0.39 is 97.5 Å². The number of phosphoric ester groups is 2. The minimum absolute atomic E-state index is 0.105. The molecule has 0 radical (unpaired) electrons. The number of ether oxygens (including phenoxy) is 4. The highest BCUT2D eigenvalue weighted by Gasteiger charge is 2.30. The Morgan fingerprint density at radius 1 is 0.296 bits per heavy atom. The second-order valence-corrected chi connectivity index (χ2v) is 32.6. The van der Waals surface area contributed by atoms with Crippen LogP contribution >= 0.6 is 15.6 Å². The van der Waals surface area contributed by atoms with Crippen molar-refractivity contribution in [2.24, 2.45) is 17.8 Å². The van der Waals surface area contributed by atoms with Gasteiger partial charge in [0, 0.05) is 25.7 Å². The summed E-state index contributed by atoms with van der Waals surface area (Å²) in [7, 11) is -9.92. The number of esters is 4. The first-order valence-corrected chi connectivity index (χ1v) is 43.9. The van der Waals surface area contributed by atoms with Gasteiger partial charge in [-0.05, 0) is 43.4 Å². The Kier molecular flexibility index (Phi) is 68.1. The van der Waals surface area contributed by atoms with E-state index in [0.29, 0.717) is 25.7 Å². The molecule has 0 spiro atoms. The van der Waals surface area contributed by atoms with E-state index in [4.69, 9.17) is 37.0 Å². The molecule has 582 valence electrons. The van der Waals surface area contributed by atoms with Crippen LogP contribution in [0.5, 0.6) is 0 Å². The topological polar surface area (TPSA) is 237 Å². The minimum atomic E-state index is -4.96. The molecule has 0 saturated heterocycles. The van der Waals surface area contributed by atoms with E-state index in [2.05, 4.69) is 48.5 Å². The molecule has 0 fully saturated rings. The Labute approximate surface area is 600 Å². The number of rotatable bonds is 77. The Morgan fingerprint density at radius 2 is 0.520 bits per heavy atom. The van der Waals surface area contributed by atoms with Crippen molar-refractivity contribution in [1.29, 1.82) is 0 Å².